The van der Waals surface area contributed by atoms with Gasteiger partial charge < -0.3 is 16.4 Å². The van der Waals surface area contributed by atoms with Gasteiger partial charge in [-0.05, 0) is 30.2 Å². The van der Waals surface area contributed by atoms with Gasteiger partial charge in [-0.1, -0.05) is 42.0 Å². The number of rotatable bonds is 5. The second kappa shape index (κ2) is 7.98. The molecule has 0 fully saturated rings. The minimum Gasteiger partial charge on any atom is -0.366 e. The number of nitrogens with zero attached hydrogens (tertiary/aromatic N) is 1. The average Bonchev–Trinajstić information content (AvgIpc) is 2.57. The lowest BCUT2D eigenvalue weighted by Crippen LogP contribution is -2.36. The molecule has 2 aromatic carbocycles. The Morgan fingerprint density at radius 1 is 1.04 bits per heavy atom. The van der Waals surface area contributed by atoms with Crippen molar-refractivity contribution in [3.8, 4) is 0 Å². The normalized spacial score (nSPS) is 11.1. The number of nitrogens with two attached hydrogens (primary N) is 1. The molecule has 0 bridgehead atoms. The van der Waals surface area contributed by atoms with Crippen LogP contribution in [-0.4, -0.2) is 18.9 Å². The van der Waals surface area contributed by atoms with Gasteiger partial charge in [0.15, 0.2) is 5.96 Å². The monoisotopic (exact) mass is 310 g/mol. The van der Waals surface area contributed by atoms with Crippen LogP contribution in [-0.2, 0) is 13.1 Å². The van der Waals surface area contributed by atoms with E-state index in [0.717, 1.165) is 5.56 Å². The van der Waals surface area contributed by atoms with Crippen LogP contribution in [0.15, 0.2) is 53.5 Å². The first kappa shape index (κ1) is 16.5. The summed E-state index contributed by atoms with van der Waals surface area (Å²) >= 11 is 0. The maximum atomic E-state index is 11.2. The molecule has 4 N–H and O–H groups in total. The topological polar surface area (TPSA) is 79.5 Å². The fourth-order valence-electron chi connectivity index (χ4n) is 2.13. The van der Waals surface area contributed by atoms with Crippen molar-refractivity contribution in [3.63, 3.8) is 0 Å². The number of guanidine groups is 1. The first-order chi connectivity index (χ1) is 11.1. The smallest absolute Gasteiger partial charge is 0.248 e. The maximum Gasteiger partial charge on any atom is 0.248 e. The fraction of sp³-hybridized carbons (Fsp3) is 0.222. The van der Waals surface area contributed by atoms with Crippen LogP contribution in [0.25, 0.3) is 0 Å². The van der Waals surface area contributed by atoms with Crippen molar-refractivity contribution >= 4 is 11.9 Å². The van der Waals surface area contributed by atoms with Gasteiger partial charge in [-0.3, -0.25) is 9.79 Å². The number of amides is 1. The molecule has 0 aliphatic rings. The Bertz CT molecular complexity index is 692. The number of aliphatic imine (C=N–C) groups is 1. The first-order valence-electron chi connectivity index (χ1n) is 7.47. The number of aryl methyl sites for hydroxylation is 1. The molecule has 0 radical (unpaired) electrons. The van der Waals surface area contributed by atoms with E-state index in [9.17, 15) is 4.79 Å². The van der Waals surface area contributed by atoms with Gasteiger partial charge in [0.05, 0.1) is 0 Å². The van der Waals surface area contributed by atoms with Crippen molar-refractivity contribution in [3.05, 3.63) is 70.8 Å². The van der Waals surface area contributed by atoms with Crippen molar-refractivity contribution in [2.24, 2.45) is 10.7 Å². The van der Waals surface area contributed by atoms with Crippen LogP contribution in [0.4, 0.5) is 0 Å². The van der Waals surface area contributed by atoms with Crippen molar-refractivity contribution in [1.29, 1.82) is 0 Å². The summed E-state index contributed by atoms with van der Waals surface area (Å²) in [7, 11) is 1.73. The Kier molecular flexibility index (Phi) is 5.74. The number of benzene rings is 2. The van der Waals surface area contributed by atoms with Crippen LogP contribution >= 0.6 is 0 Å². The Balaban J connectivity index is 1.89. The van der Waals surface area contributed by atoms with Crippen LogP contribution in [0.3, 0.4) is 0 Å². The number of primary amides is 1. The Morgan fingerprint density at radius 2 is 1.70 bits per heavy atom. The molecular formula is C18H22N4O. The minimum atomic E-state index is -0.422. The molecule has 120 valence electrons. The number of hydrogen-bond donors (Lipinski definition) is 3. The zero-order chi connectivity index (χ0) is 16.7. The molecule has 0 aliphatic heterocycles. The summed E-state index contributed by atoms with van der Waals surface area (Å²) in [5, 5.41) is 6.48. The number of carbonyl (C=O) groups excluding carboxylic acids is 1. The lowest BCUT2D eigenvalue weighted by molar-refractivity contribution is 0.1000. The molecule has 2 aromatic rings. The SMILES string of the molecule is CN=C(NCc1ccc(C)cc1)NCc1cccc(C(N)=O)c1. The van der Waals surface area contributed by atoms with E-state index in [-0.39, 0.29) is 0 Å². The zero-order valence-corrected chi connectivity index (χ0v) is 13.5. The van der Waals surface area contributed by atoms with Gasteiger partial charge in [0, 0.05) is 25.7 Å². The Labute approximate surface area is 136 Å². The largest absolute Gasteiger partial charge is 0.366 e. The average molecular weight is 310 g/mol. The van der Waals surface area contributed by atoms with Gasteiger partial charge >= 0.3 is 0 Å². The number of nitrogens with one attached hydrogen (secondary N) is 2. The highest BCUT2D eigenvalue weighted by atomic mass is 16.1. The summed E-state index contributed by atoms with van der Waals surface area (Å²) in [5.74, 6) is 0.281. The summed E-state index contributed by atoms with van der Waals surface area (Å²) in [6.07, 6.45) is 0. The zero-order valence-electron chi connectivity index (χ0n) is 13.5. The van der Waals surface area contributed by atoms with E-state index in [0.29, 0.717) is 24.6 Å². The lowest BCUT2D eigenvalue weighted by atomic mass is 10.1. The molecule has 0 atom stereocenters. The van der Waals surface area contributed by atoms with Crippen LogP contribution in [0, 0.1) is 6.92 Å². The van der Waals surface area contributed by atoms with Gasteiger partial charge in [-0.15, -0.1) is 0 Å². The summed E-state index contributed by atoms with van der Waals surface area (Å²) in [4.78, 5) is 15.4. The third-order valence-corrected chi connectivity index (χ3v) is 3.48. The van der Waals surface area contributed by atoms with Gasteiger partial charge in [0.25, 0.3) is 0 Å². The second-order valence-corrected chi connectivity index (χ2v) is 5.33. The lowest BCUT2D eigenvalue weighted by Gasteiger charge is -2.12. The molecule has 0 spiro atoms. The molecule has 2 rings (SSSR count). The van der Waals surface area contributed by atoms with E-state index in [1.54, 1.807) is 19.2 Å². The predicted molar refractivity (Wildman–Crippen MR) is 93.2 cm³/mol. The first-order valence-corrected chi connectivity index (χ1v) is 7.47. The van der Waals surface area contributed by atoms with Gasteiger partial charge in [-0.25, -0.2) is 0 Å². The molecule has 0 unspecified atom stereocenters. The molecule has 0 aromatic heterocycles. The molecular weight excluding hydrogens is 288 g/mol. The Morgan fingerprint density at radius 3 is 2.30 bits per heavy atom. The summed E-state index contributed by atoms with van der Waals surface area (Å²) in [6.45, 7) is 3.33. The molecule has 0 aliphatic carbocycles. The Hall–Kier alpha value is -2.82. The summed E-state index contributed by atoms with van der Waals surface area (Å²) in [6, 6.07) is 15.6. The predicted octanol–water partition coefficient (Wildman–Crippen LogP) is 1.96. The standard InChI is InChI=1S/C18H22N4O/c1-13-6-8-14(9-7-13)11-21-18(20-2)22-12-15-4-3-5-16(10-15)17(19)23/h3-10H,11-12H2,1-2H3,(H2,19,23)(H2,20,21,22). The molecule has 1 amide bonds. The quantitative estimate of drug-likeness (QED) is 0.583. The fourth-order valence-corrected chi connectivity index (χ4v) is 2.13. The molecule has 5 nitrogen and oxygen atoms in total. The van der Waals surface area contributed by atoms with Crippen LogP contribution < -0.4 is 16.4 Å². The summed E-state index contributed by atoms with van der Waals surface area (Å²) in [5.41, 5.74) is 9.20. The third-order valence-electron chi connectivity index (χ3n) is 3.48. The van der Waals surface area contributed by atoms with E-state index >= 15 is 0 Å². The van der Waals surface area contributed by atoms with Gasteiger partial charge in [0.2, 0.25) is 5.91 Å². The van der Waals surface area contributed by atoms with E-state index in [1.165, 1.54) is 11.1 Å². The van der Waals surface area contributed by atoms with Crippen LogP contribution in [0.5, 0.6) is 0 Å². The van der Waals surface area contributed by atoms with E-state index in [1.807, 2.05) is 12.1 Å². The van der Waals surface area contributed by atoms with Crippen molar-refractivity contribution < 1.29 is 4.79 Å². The highest BCUT2D eigenvalue weighted by molar-refractivity contribution is 5.92. The van der Waals surface area contributed by atoms with Crippen molar-refractivity contribution in [1.82, 2.24) is 10.6 Å². The minimum absolute atomic E-state index is 0.422. The second-order valence-electron chi connectivity index (χ2n) is 5.33. The van der Waals surface area contributed by atoms with Crippen LogP contribution in [0.2, 0.25) is 0 Å². The molecule has 0 saturated carbocycles. The van der Waals surface area contributed by atoms with Crippen molar-refractivity contribution in [2.45, 2.75) is 20.0 Å². The molecule has 0 saturated heterocycles. The van der Waals surface area contributed by atoms with Crippen molar-refractivity contribution in [2.75, 3.05) is 7.05 Å². The molecule has 5 heteroatoms. The number of carbonyl (C=O) groups is 1. The van der Waals surface area contributed by atoms with Crippen LogP contribution in [0.1, 0.15) is 27.0 Å². The van der Waals surface area contributed by atoms with E-state index < -0.39 is 5.91 Å². The highest BCUT2D eigenvalue weighted by Gasteiger charge is 2.03. The number of hydrogen-bond acceptors (Lipinski definition) is 2. The van der Waals surface area contributed by atoms with Gasteiger partial charge in [-0.2, -0.15) is 0 Å². The summed E-state index contributed by atoms with van der Waals surface area (Å²) < 4.78 is 0. The molecule has 0 heterocycles. The molecule has 23 heavy (non-hydrogen) atoms. The van der Waals surface area contributed by atoms with E-state index in [4.69, 9.17) is 5.73 Å². The maximum absolute atomic E-state index is 11.2. The third kappa shape index (κ3) is 5.14. The van der Waals surface area contributed by atoms with E-state index in [2.05, 4.69) is 46.8 Å². The van der Waals surface area contributed by atoms with Gasteiger partial charge in [0.1, 0.15) is 0 Å². The highest BCUT2D eigenvalue weighted by Crippen LogP contribution is 2.05.